The van der Waals surface area contributed by atoms with Gasteiger partial charge in [0.05, 0.1) is 18.6 Å². The van der Waals surface area contributed by atoms with Gasteiger partial charge in [0.1, 0.15) is 5.52 Å². The summed E-state index contributed by atoms with van der Waals surface area (Å²) in [6.45, 7) is 1.24. The van der Waals surface area contributed by atoms with E-state index in [0.29, 0.717) is 5.52 Å². The van der Waals surface area contributed by atoms with E-state index in [1.807, 2.05) is 0 Å². The van der Waals surface area contributed by atoms with Crippen molar-refractivity contribution in [1.82, 2.24) is 19.9 Å². The number of rotatable bonds is 3. The van der Waals surface area contributed by atoms with E-state index in [4.69, 9.17) is 11.5 Å². The molecule has 2 unspecified atom stereocenters. The lowest BCUT2D eigenvalue weighted by Gasteiger charge is -2.27. The van der Waals surface area contributed by atoms with Gasteiger partial charge in [-0.25, -0.2) is 24.5 Å². The van der Waals surface area contributed by atoms with Gasteiger partial charge >= 0.3 is 12.1 Å². The van der Waals surface area contributed by atoms with E-state index < -0.39 is 23.7 Å². The lowest BCUT2D eigenvalue weighted by atomic mass is 9.93. The number of carbonyl (C=O) groups is 2. The molecule has 6 N–H and O–H groups in total. The first-order chi connectivity index (χ1) is 9.35. The first-order valence-electron chi connectivity index (χ1n) is 5.51. The van der Waals surface area contributed by atoms with E-state index in [9.17, 15) is 14.7 Å². The predicted molar refractivity (Wildman–Crippen MR) is 64.9 cm³/mol. The summed E-state index contributed by atoms with van der Waals surface area (Å²) >= 11 is 0. The average molecular weight is 280 g/mol. The van der Waals surface area contributed by atoms with Crippen molar-refractivity contribution in [2.75, 3.05) is 0 Å². The van der Waals surface area contributed by atoms with Crippen LogP contribution in [0.3, 0.4) is 0 Å². The summed E-state index contributed by atoms with van der Waals surface area (Å²) in [4.78, 5) is 37.0. The van der Waals surface area contributed by atoms with E-state index in [1.54, 1.807) is 0 Å². The summed E-state index contributed by atoms with van der Waals surface area (Å²) in [7, 11) is 0. The summed E-state index contributed by atoms with van der Waals surface area (Å²) in [6.07, 6.45) is -0.0467. The minimum Gasteiger partial charge on any atom is -0.390 e. The standard InChI is InChI=1S/C10H12N6O4/c1-4(17)10(12,8(18)20-9(11)19)7-13-2-5-6(16-7)15-3-14-5/h2-4,17H,12H2,1H3,(H2,11,19)(H,13,14,15,16). The Hall–Kier alpha value is -2.59. The fourth-order valence-corrected chi connectivity index (χ4v) is 1.56. The number of aliphatic hydroxyl groups excluding tert-OH is 1. The van der Waals surface area contributed by atoms with Crippen molar-refractivity contribution in [1.29, 1.82) is 0 Å². The number of hydrogen-bond acceptors (Lipinski definition) is 8. The van der Waals surface area contributed by atoms with Crippen molar-refractivity contribution in [3.05, 3.63) is 18.3 Å². The second-order valence-corrected chi connectivity index (χ2v) is 4.09. The molecule has 20 heavy (non-hydrogen) atoms. The first kappa shape index (κ1) is 13.8. The quantitative estimate of drug-likeness (QED) is 0.389. The van der Waals surface area contributed by atoms with Crippen LogP contribution in [0.25, 0.3) is 11.2 Å². The largest absolute Gasteiger partial charge is 0.412 e. The highest BCUT2D eigenvalue weighted by Crippen LogP contribution is 2.22. The number of H-pyrrole nitrogens is 1. The molecule has 0 fully saturated rings. The molecule has 2 aromatic heterocycles. The zero-order valence-corrected chi connectivity index (χ0v) is 10.4. The van der Waals surface area contributed by atoms with Gasteiger partial charge in [0, 0.05) is 0 Å². The number of imidazole rings is 1. The van der Waals surface area contributed by atoms with E-state index in [1.165, 1.54) is 19.4 Å². The number of carbonyl (C=O) groups excluding carboxylic acids is 2. The fourth-order valence-electron chi connectivity index (χ4n) is 1.56. The average Bonchev–Trinajstić information content (AvgIpc) is 2.83. The summed E-state index contributed by atoms with van der Waals surface area (Å²) in [6, 6.07) is 0. The molecule has 0 aliphatic rings. The van der Waals surface area contributed by atoms with Gasteiger partial charge in [0.15, 0.2) is 11.5 Å². The summed E-state index contributed by atoms with van der Waals surface area (Å²) in [5.41, 5.74) is 9.21. The Balaban J connectivity index is 2.50. The molecule has 2 atom stereocenters. The molecule has 0 bridgehead atoms. The molecule has 10 heteroatoms. The molecule has 0 saturated carbocycles. The number of nitrogens with zero attached hydrogens (tertiary/aromatic N) is 3. The number of nitrogens with one attached hydrogen (secondary N) is 1. The predicted octanol–water partition coefficient (Wildman–Crippen LogP) is -1.49. The Morgan fingerprint density at radius 2 is 2.20 bits per heavy atom. The van der Waals surface area contributed by atoms with E-state index in [-0.39, 0.29) is 11.5 Å². The van der Waals surface area contributed by atoms with Gasteiger partial charge in [0.25, 0.3) is 0 Å². The molecular formula is C10H12N6O4. The number of amides is 1. The van der Waals surface area contributed by atoms with Crippen molar-refractivity contribution in [2.45, 2.75) is 18.6 Å². The molecule has 0 spiro atoms. The van der Waals surface area contributed by atoms with Crippen LogP contribution >= 0.6 is 0 Å². The number of aromatic amines is 1. The Morgan fingerprint density at radius 1 is 1.50 bits per heavy atom. The van der Waals surface area contributed by atoms with Gasteiger partial charge in [-0.15, -0.1) is 0 Å². The molecule has 0 radical (unpaired) electrons. The second kappa shape index (κ2) is 4.83. The topological polar surface area (TPSA) is 170 Å². The third-order valence-electron chi connectivity index (χ3n) is 2.74. The highest BCUT2D eigenvalue weighted by atomic mass is 16.6. The Morgan fingerprint density at radius 3 is 2.80 bits per heavy atom. The molecule has 0 aromatic carbocycles. The van der Waals surface area contributed by atoms with Crippen LogP contribution in [0.5, 0.6) is 0 Å². The zero-order valence-electron chi connectivity index (χ0n) is 10.4. The number of esters is 1. The normalized spacial score (nSPS) is 15.6. The van der Waals surface area contributed by atoms with Gasteiger partial charge in [-0.05, 0) is 6.92 Å². The van der Waals surface area contributed by atoms with Crippen molar-refractivity contribution in [3.63, 3.8) is 0 Å². The van der Waals surface area contributed by atoms with Crippen LogP contribution in [0.4, 0.5) is 4.79 Å². The minimum atomic E-state index is -2.14. The molecule has 0 aliphatic heterocycles. The second-order valence-electron chi connectivity index (χ2n) is 4.09. The Bertz CT molecular complexity index is 669. The summed E-state index contributed by atoms with van der Waals surface area (Å²) in [5.74, 6) is -1.49. The monoisotopic (exact) mass is 280 g/mol. The van der Waals surface area contributed by atoms with Crippen LogP contribution in [-0.2, 0) is 15.1 Å². The zero-order chi connectivity index (χ0) is 14.9. The van der Waals surface area contributed by atoms with Crippen LogP contribution in [0.15, 0.2) is 12.5 Å². The van der Waals surface area contributed by atoms with Crippen molar-refractivity contribution in [2.24, 2.45) is 11.5 Å². The van der Waals surface area contributed by atoms with E-state index in [0.717, 1.165) is 0 Å². The summed E-state index contributed by atoms with van der Waals surface area (Å²) < 4.78 is 4.23. The Labute approximate surface area is 112 Å². The Kier molecular flexibility index (Phi) is 3.34. The van der Waals surface area contributed by atoms with Crippen LogP contribution in [0, 0.1) is 0 Å². The van der Waals surface area contributed by atoms with Crippen LogP contribution < -0.4 is 11.5 Å². The third-order valence-corrected chi connectivity index (χ3v) is 2.74. The van der Waals surface area contributed by atoms with Crippen LogP contribution in [0.1, 0.15) is 12.7 Å². The van der Waals surface area contributed by atoms with Gasteiger partial charge in [-0.1, -0.05) is 0 Å². The highest BCUT2D eigenvalue weighted by molar-refractivity contribution is 5.90. The number of hydrogen-bond donors (Lipinski definition) is 4. The first-order valence-corrected chi connectivity index (χ1v) is 5.51. The van der Waals surface area contributed by atoms with Crippen LogP contribution in [0.2, 0.25) is 0 Å². The SMILES string of the molecule is CC(O)C(N)(C(=O)OC(N)=O)c1ncc2[nH]cnc2n1. The van der Waals surface area contributed by atoms with Gasteiger partial charge < -0.3 is 26.3 Å². The van der Waals surface area contributed by atoms with Crippen molar-refractivity contribution >= 4 is 23.2 Å². The number of fused-ring (bicyclic) bond motifs is 1. The molecule has 10 nitrogen and oxygen atoms in total. The molecule has 2 rings (SSSR count). The van der Waals surface area contributed by atoms with E-state index >= 15 is 0 Å². The minimum absolute atomic E-state index is 0.238. The van der Waals surface area contributed by atoms with Gasteiger partial charge in [-0.2, -0.15) is 0 Å². The molecule has 0 aliphatic carbocycles. The van der Waals surface area contributed by atoms with E-state index in [2.05, 4.69) is 24.7 Å². The number of primary amides is 1. The number of aliphatic hydroxyl groups is 1. The molecular weight excluding hydrogens is 268 g/mol. The molecule has 1 amide bonds. The smallest absolute Gasteiger partial charge is 0.390 e. The fraction of sp³-hybridized carbons (Fsp3) is 0.300. The lowest BCUT2D eigenvalue weighted by Crippen LogP contribution is -2.56. The maximum absolute atomic E-state index is 11.9. The number of aromatic nitrogens is 4. The highest BCUT2D eigenvalue weighted by Gasteiger charge is 2.46. The summed E-state index contributed by atoms with van der Waals surface area (Å²) in [5, 5.41) is 9.74. The van der Waals surface area contributed by atoms with Gasteiger partial charge in [-0.3, -0.25) is 0 Å². The third kappa shape index (κ3) is 2.17. The van der Waals surface area contributed by atoms with Gasteiger partial charge in [0.2, 0.25) is 5.54 Å². The number of ether oxygens (including phenoxy) is 1. The maximum atomic E-state index is 11.9. The molecule has 0 saturated heterocycles. The lowest BCUT2D eigenvalue weighted by molar-refractivity contribution is -0.148. The molecule has 2 aromatic rings. The number of nitrogens with two attached hydrogens (primary N) is 2. The van der Waals surface area contributed by atoms with Crippen molar-refractivity contribution in [3.8, 4) is 0 Å². The molecule has 106 valence electrons. The van der Waals surface area contributed by atoms with Crippen LogP contribution in [-0.4, -0.2) is 43.2 Å². The maximum Gasteiger partial charge on any atom is 0.412 e. The molecule has 2 heterocycles. The van der Waals surface area contributed by atoms with Crippen molar-refractivity contribution < 1.29 is 19.4 Å².